The molecule has 2 nitrogen and oxygen atoms in total. The molecule has 0 radical (unpaired) electrons. The highest BCUT2D eigenvalue weighted by atomic mass is 19.3. The molecule has 1 heterocycles. The minimum Gasteiger partial charge on any atom is -0.254 e. The molecule has 0 aliphatic rings. The summed E-state index contributed by atoms with van der Waals surface area (Å²) in [5.74, 6) is 0. The van der Waals surface area contributed by atoms with Gasteiger partial charge in [-0.3, -0.25) is 4.98 Å². The lowest BCUT2D eigenvalue weighted by Gasteiger charge is -2.00. The number of aryl methyl sites for hydroxylation is 1. The standard InChI is InChI=1S/C8H6F2N2/c1-5-2-6(3-11)7(8(9)10)12-4-5/h2,4,8H,1H3. The summed E-state index contributed by atoms with van der Waals surface area (Å²) >= 11 is 0. The number of aromatic nitrogens is 1. The first-order chi connectivity index (χ1) is 5.65. The quantitative estimate of drug-likeness (QED) is 0.644. The van der Waals surface area contributed by atoms with E-state index < -0.39 is 12.1 Å². The molecular formula is C8H6F2N2. The van der Waals surface area contributed by atoms with Crippen LogP contribution in [-0.4, -0.2) is 4.98 Å². The fourth-order valence-corrected chi connectivity index (χ4v) is 0.843. The van der Waals surface area contributed by atoms with Crippen LogP contribution in [0.25, 0.3) is 0 Å². The minimum absolute atomic E-state index is 0.0509. The maximum Gasteiger partial charge on any atom is 0.281 e. The van der Waals surface area contributed by atoms with Gasteiger partial charge in [0.25, 0.3) is 6.43 Å². The van der Waals surface area contributed by atoms with E-state index >= 15 is 0 Å². The van der Waals surface area contributed by atoms with Crippen molar-refractivity contribution in [1.82, 2.24) is 4.98 Å². The number of alkyl halides is 2. The number of rotatable bonds is 1. The van der Waals surface area contributed by atoms with Crippen LogP contribution in [0.2, 0.25) is 0 Å². The van der Waals surface area contributed by atoms with Gasteiger partial charge in [-0.25, -0.2) is 8.78 Å². The molecule has 0 amide bonds. The monoisotopic (exact) mass is 168 g/mol. The average molecular weight is 168 g/mol. The van der Waals surface area contributed by atoms with Crippen LogP contribution in [-0.2, 0) is 0 Å². The van der Waals surface area contributed by atoms with E-state index in [9.17, 15) is 8.78 Å². The Morgan fingerprint density at radius 3 is 2.75 bits per heavy atom. The molecule has 0 saturated heterocycles. The highest BCUT2D eigenvalue weighted by molar-refractivity contribution is 5.35. The number of hydrogen-bond acceptors (Lipinski definition) is 2. The zero-order chi connectivity index (χ0) is 9.14. The molecule has 0 N–H and O–H groups in total. The molecule has 1 aromatic rings. The van der Waals surface area contributed by atoms with Crippen molar-refractivity contribution in [2.45, 2.75) is 13.3 Å². The molecule has 0 atom stereocenters. The molecule has 0 spiro atoms. The highest BCUT2D eigenvalue weighted by Gasteiger charge is 2.13. The summed E-state index contributed by atoms with van der Waals surface area (Å²) in [4.78, 5) is 3.48. The van der Waals surface area contributed by atoms with E-state index in [-0.39, 0.29) is 5.56 Å². The Kier molecular flexibility index (Phi) is 2.34. The molecule has 0 aromatic carbocycles. The van der Waals surface area contributed by atoms with Crippen LogP contribution in [0.5, 0.6) is 0 Å². The van der Waals surface area contributed by atoms with Gasteiger partial charge in [0.05, 0.1) is 5.56 Å². The van der Waals surface area contributed by atoms with Crippen molar-refractivity contribution in [1.29, 1.82) is 5.26 Å². The Balaban J connectivity index is 3.23. The second kappa shape index (κ2) is 3.26. The van der Waals surface area contributed by atoms with Crippen molar-refractivity contribution in [2.24, 2.45) is 0 Å². The summed E-state index contributed by atoms with van der Waals surface area (Å²) in [6, 6.07) is 3.07. The van der Waals surface area contributed by atoms with Gasteiger partial charge in [-0.05, 0) is 18.6 Å². The lowest BCUT2D eigenvalue weighted by atomic mass is 10.1. The van der Waals surface area contributed by atoms with Crippen LogP contribution in [0.4, 0.5) is 8.78 Å². The summed E-state index contributed by atoms with van der Waals surface area (Å²) < 4.78 is 24.3. The lowest BCUT2D eigenvalue weighted by Crippen LogP contribution is -1.95. The fraction of sp³-hybridized carbons (Fsp3) is 0.250. The van der Waals surface area contributed by atoms with Crippen LogP contribution in [0.3, 0.4) is 0 Å². The van der Waals surface area contributed by atoms with Gasteiger partial charge in [0.15, 0.2) is 0 Å². The summed E-state index contributed by atoms with van der Waals surface area (Å²) in [6.45, 7) is 1.70. The highest BCUT2D eigenvalue weighted by Crippen LogP contribution is 2.20. The first kappa shape index (κ1) is 8.60. The summed E-state index contributed by atoms with van der Waals surface area (Å²) in [5.41, 5.74) is 0.212. The number of halogens is 2. The third-order valence-corrected chi connectivity index (χ3v) is 1.38. The Bertz CT molecular complexity index is 328. The van der Waals surface area contributed by atoms with E-state index in [1.165, 1.54) is 12.3 Å². The molecule has 0 bridgehead atoms. The van der Waals surface area contributed by atoms with Gasteiger partial charge in [0, 0.05) is 6.20 Å². The third kappa shape index (κ3) is 1.56. The maximum atomic E-state index is 12.1. The Morgan fingerprint density at radius 2 is 2.25 bits per heavy atom. The van der Waals surface area contributed by atoms with Crippen molar-refractivity contribution < 1.29 is 8.78 Å². The summed E-state index contributed by atoms with van der Waals surface area (Å²) in [7, 11) is 0. The topological polar surface area (TPSA) is 36.7 Å². The van der Waals surface area contributed by atoms with E-state index in [1.54, 1.807) is 13.0 Å². The lowest BCUT2D eigenvalue weighted by molar-refractivity contribution is 0.145. The minimum atomic E-state index is -2.68. The molecule has 1 rings (SSSR count). The molecule has 12 heavy (non-hydrogen) atoms. The molecule has 0 fully saturated rings. The van der Waals surface area contributed by atoms with Gasteiger partial charge >= 0.3 is 0 Å². The average Bonchev–Trinajstić information content (AvgIpc) is 2.03. The van der Waals surface area contributed by atoms with Crippen LogP contribution >= 0.6 is 0 Å². The molecule has 4 heteroatoms. The largest absolute Gasteiger partial charge is 0.281 e. The Hall–Kier alpha value is -1.50. The Morgan fingerprint density at radius 1 is 1.58 bits per heavy atom. The first-order valence-electron chi connectivity index (χ1n) is 3.30. The van der Waals surface area contributed by atoms with E-state index in [2.05, 4.69) is 4.98 Å². The van der Waals surface area contributed by atoms with Crippen molar-refractivity contribution in [3.05, 3.63) is 29.1 Å². The predicted molar refractivity (Wildman–Crippen MR) is 38.6 cm³/mol. The smallest absolute Gasteiger partial charge is 0.254 e. The third-order valence-electron chi connectivity index (χ3n) is 1.38. The zero-order valence-corrected chi connectivity index (χ0v) is 6.38. The second-order valence-electron chi connectivity index (χ2n) is 2.36. The molecule has 62 valence electrons. The Labute approximate surface area is 68.5 Å². The first-order valence-corrected chi connectivity index (χ1v) is 3.30. The molecule has 0 saturated carbocycles. The number of nitriles is 1. The van der Waals surface area contributed by atoms with Gasteiger partial charge in [0.1, 0.15) is 11.8 Å². The molecule has 0 aliphatic heterocycles. The second-order valence-corrected chi connectivity index (χ2v) is 2.36. The van der Waals surface area contributed by atoms with E-state index in [1.807, 2.05) is 0 Å². The summed E-state index contributed by atoms with van der Waals surface area (Å²) in [5, 5.41) is 8.47. The molecule has 0 aliphatic carbocycles. The van der Waals surface area contributed by atoms with E-state index in [4.69, 9.17) is 5.26 Å². The van der Waals surface area contributed by atoms with Crippen LogP contribution in [0.1, 0.15) is 23.2 Å². The van der Waals surface area contributed by atoms with Gasteiger partial charge in [0.2, 0.25) is 0 Å². The van der Waals surface area contributed by atoms with E-state index in [0.29, 0.717) is 5.56 Å². The van der Waals surface area contributed by atoms with Crippen molar-refractivity contribution >= 4 is 0 Å². The van der Waals surface area contributed by atoms with Crippen LogP contribution in [0, 0.1) is 18.3 Å². The number of pyridine rings is 1. The molecule has 0 unspecified atom stereocenters. The number of nitrogens with zero attached hydrogens (tertiary/aromatic N) is 2. The predicted octanol–water partition coefficient (Wildman–Crippen LogP) is 2.20. The number of hydrogen-bond donors (Lipinski definition) is 0. The molecule has 1 aromatic heterocycles. The normalized spacial score (nSPS) is 9.92. The SMILES string of the molecule is Cc1cnc(C(F)F)c(C#N)c1. The van der Waals surface area contributed by atoms with Gasteiger partial charge in [-0.15, -0.1) is 0 Å². The zero-order valence-electron chi connectivity index (χ0n) is 6.38. The van der Waals surface area contributed by atoms with Crippen LogP contribution < -0.4 is 0 Å². The molecular weight excluding hydrogens is 162 g/mol. The van der Waals surface area contributed by atoms with Crippen molar-refractivity contribution in [2.75, 3.05) is 0 Å². The van der Waals surface area contributed by atoms with Crippen molar-refractivity contribution in [3.63, 3.8) is 0 Å². The van der Waals surface area contributed by atoms with Gasteiger partial charge in [-0.2, -0.15) is 5.26 Å². The van der Waals surface area contributed by atoms with Crippen LogP contribution in [0.15, 0.2) is 12.3 Å². The van der Waals surface area contributed by atoms with Gasteiger partial charge in [-0.1, -0.05) is 0 Å². The van der Waals surface area contributed by atoms with E-state index in [0.717, 1.165) is 0 Å². The maximum absolute atomic E-state index is 12.1. The summed E-state index contributed by atoms with van der Waals surface area (Å²) in [6.07, 6.45) is -1.36. The fourth-order valence-electron chi connectivity index (χ4n) is 0.843. The van der Waals surface area contributed by atoms with Gasteiger partial charge < -0.3 is 0 Å². The van der Waals surface area contributed by atoms with Crippen molar-refractivity contribution in [3.8, 4) is 6.07 Å².